The van der Waals surface area contributed by atoms with Crippen molar-refractivity contribution < 1.29 is 4.79 Å². The Bertz CT molecular complexity index is 1110. The van der Waals surface area contributed by atoms with E-state index < -0.39 is 0 Å². The first kappa shape index (κ1) is 17.8. The van der Waals surface area contributed by atoms with Crippen molar-refractivity contribution in [3.8, 4) is 11.3 Å². The van der Waals surface area contributed by atoms with Crippen LogP contribution in [0.5, 0.6) is 0 Å². The van der Waals surface area contributed by atoms with Gasteiger partial charge < -0.3 is 10.2 Å². The minimum atomic E-state index is -0.118. The molecule has 0 atom stereocenters. The molecule has 7 heteroatoms. The molecule has 29 heavy (non-hydrogen) atoms. The molecule has 1 aliphatic heterocycles. The second-order valence-corrected chi connectivity index (χ2v) is 8.11. The topological polar surface area (TPSA) is 75.9 Å². The highest BCUT2D eigenvalue weighted by molar-refractivity contribution is 5.89. The van der Waals surface area contributed by atoms with Gasteiger partial charge in [0.25, 0.3) is 0 Å². The third-order valence-electron chi connectivity index (χ3n) is 5.85. The van der Waals surface area contributed by atoms with Gasteiger partial charge in [-0.1, -0.05) is 0 Å². The lowest BCUT2D eigenvalue weighted by atomic mass is 10.0. The van der Waals surface area contributed by atoms with Gasteiger partial charge in [0.05, 0.1) is 17.6 Å². The van der Waals surface area contributed by atoms with Gasteiger partial charge in [-0.15, -0.1) is 0 Å². The number of anilines is 3. The van der Waals surface area contributed by atoms with Crippen LogP contribution in [0.3, 0.4) is 0 Å². The van der Waals surface area contributed by atoms with E-state index in [4.69, 9.17) is 4.98 Å². The normalized spacial score (nSPS) is 16.2. The number of hydrogen-bond donors (Lipinski definition) is 1. The maximum absolute atomic E-state index is 11.5. The Morgan fingerprint density at radius 1 is 1.24 bits per heavy atom. The SMILES string of the molecule is CCn1cc(-c2cc(C)cc(N3CC4(CC4)c4cnc(NC(C)=O)cc43)n2)cn1. The molecule has 1 saturated carbocycles. The van der Waals surface area contributed by atoms with Crippen LogP contribution >= 0.6 is 0 Å². The summed E-state index contributed by atoms with van der Waals surface area (Å²) in [5, 5.41) is 7.19. The molecule has 1 spiro atoms. The molecule has 7 nitrogen and oxygen atoms in total. The third-order valence-corrected chi connectivity index (χ3v) is 5.85. The van der Waals surface area contributed by atoms with E-state index >= 15 is 0 Å². The van der Waals surface area contributed by atoms with Gasteiger partial charge in [0.15, 0.2) is 0 Å². The molecule has 148 valence electrons. The van der Waals surface area contributed by atoms with Crippen LogP contribution in [-0.2, 0) is 16.8 Å². The molecule has 0 bridgehead atoms. The fourth-order valence-electron chi connectivity index (χ4n) is 4.18. The lowest BCUT2D eigenvalue weighted by molar-refractivity contribution is -0.114. The highest BCUT2D eigenvalue weighted by Gasteiger charge is 2.52. The molecular formula is C22H24N6O. The van der Waals surface area contributed by atoms with E-state index in [2.05, 4.69) is 46.3 Å². The van der Waals surface area contributed by atoms with Crippen molar-refractivity contribution in [2.45, 2.75) is 45.6 Å². The van der Waals surface area contributed by atoms with Crippen molar-refractivity contribution in [1.82, 2.24) is 19.7 Å². The van der Waals surface area contributed by atoms with Gasteiger partial charge in [-0.3, -0.25) is 9.48 Å². The monoisotopic (exact) mass is 388 g/mol. The predicted molar refractivity (Wildman–Crippen MR) is 112 cm³/mol. The summed E-state index contributed by atoms with van der Waals surface area (Å²) in [4.78, 5) is 23.2. The van der Waals surface area contributed by atoms with Crippen LogP contribution in [-0.4, -0.2) is 32.2 Å². The molecule has 0 radical (unpaired) electrons. The van der Waals surface area contributed by atoms with Crippen molar-refractivity contribution >= 4 is 23.2 Å². The summed E-state index contributed by atoms with van der Waals surface area (Å²) in [7, 11) is 0. The van der Waals surface area contributed by atoms with E-state index in [9.17, 15) is 4.79 Å². The predicted octanol–water partition coefficient (Wildman–Crippen LogP) is 3.81. The third kappa shape index (κ3) is 3.06. The molecule has 0 saturated heterocycles. The van der Waals surface area contributed by atoms with E-state index in [0.717, 1.165) is 41.4 Å². The first-order valence-electron chi connectivity index (χ1n) is 10.0. The van der Waals surface area contributed by atoms with E-state index in [-0.39, 0.29) is 11.3 Å². The quantitative estimate of drug-likeness (QED) is 0.735. The zero-order chi connectivity index (χ0) is 20.2. The van der Waals surface area contributed by atoms with Crippen molar-refractivity contribution in [2.75, 3.05) is 16.8 Å². The molecule has 4 heterocycles. The molecule has 0 aromatic carbocycles. The summed E-state index contributed by atoms with van der Waals surface area (Å²) in [5.74, 6) is 1.39. The summed E-state index contributed by atoms with van der Waals surface area (Å²) < 4.78 is 1.91. The molecule has 1 aliphatic carbocycles. The van der Waals surface area contributed by atoms with Gasteiger partial charge in [0.1, 0.15) is 11.6 Å². The van der Waals surface area contributed by atoms with Gasteiger partial charge >= 0.3 is 0 Å². The zero-order valence-electron chi connectivity index (χ0n) is 16.9. The maximum atomic E-state index is 11.5. The number of aromatic nitrogens is 4. The van der Waals surface area contributed by atoms with Crippen LogP contribution in [0.25, 0.3) is 11.3 Å². The Labute approximate surface area is 169 Å². The van der Waals surface area contributed by atoms with Gasteiger partial charge in [-0.25, -0.2) is 9.97 Å². The summed E-state index contributed by atoms with van der Waals surface area (Å²) in [6, 6.07) is 6.19. The molecule has 1 fully saturated rings. The van der Waals surface area contributed by atoms with Crippen molar-refractivity contribution in [3.05, 3.63) is 47.9 Å². The average Bonchev–Trinajstić information content (AvgIpc) is 3.18. The second kappa shape index (κ2) is 6.40. The van der Waals surface area contributed by atoms with Crippen molar-refractivity contribution in [3.63, 3.8) is 0 Å². The van der Waals surface area contributed by atoms with Crippen LogP contribution in [0.2, 0.25) is 0 Å². The summed E-state index contributed by atoms with van der Waals surface area (Å²) >= 11 is 0. The van der Waals surface area contributed by atoms with Crippen molar-refractivity contribution in [2.24, 2.45) is 0 Å². The minimum absolute atomic E-state index is 0.118. The molecular weight excluding hydrogens is 364 g/mol. The fraction of sp³-hybridized carbons (Fsp3) is 0.364. The average molecular weight is 388 g/mol. The van der Waals surface area contributed by atoms with E-state index in [1.54, 1.807) is 0 Å². The smallest absolute Gasteiger partial charge is 0.222 e. The number of fused-ring (bicyclic) bond motifs is 2. The Hall–Kier alpha value is -3.22. The van der Waals surface area contributed by atoms with Crippen LogP contribution in [0.1, 0.15) is 37.8 Å². The zero-order valence-corrected chi connectivity index (χ0v) is 16.9. The number of hydrogen-bond acceptors (Lipinski definition) is 5. The Balaban J connectivity index is 1.57. The number of pyridine rings is 2. The molecule has 5 rings (SSSR count). The minimum Gasteiger partial charge on any atom is -0.325 e. The van der Waals surface area contributed by atoms with E-state index in [0.29, 0.717) is 5.82 Å². The number of nitrogens with zero attached hydrogens (tertiary/aromatic N) is 5. The first-order valence-corrected chi connectivity index (χ1v) is 10.0. The van der Waals surface area contributed by atoms with Crippen LogP contribution < -0.4 is 10.2 Å². The number of carbonyl (C=O) groups is 1. The number of carbonyl (C=O) groups excluding carboxylic acids is 1. The summed E-state index contributed by atoms with van der Waals surface area (Å²) in [6.07, 6.45) is 8.16. The standard InChI is InChI=1S/C22H24N6O/c1-4-27-12-16(10-24-27)18-7-14(2)8-21(26-18)28-13-22(5-6-22)17-11-23-20(9-19(17)28)25-15(3)29/h7-12H,4-6,13H2,1-3H3,(H,23,25,29). The highest BCUT2D eigenvalue weighted by Crippen LogP contribution is 2.58. The number of nitrogens with one attached hydrogen (secondary N) is 1. The number of amides is 1. The molecule has 3 aromatic heterocycles. The van der Waals surface area contributed by atoms with Gasteiger partial charge in [0.2, 0.25) is 5.91 Å². The van der Waals surface area contributed by atoms with Crippen LogP contribution in [0.4, 0.5) is 17.3 Å². The second-order valence-electron chi connectivity index (χ2n) is 8.11. The maximum Gasteiger partial charge on any atom is 0.222 e. The Morgan fingerprint density at radius 2 is 2.07 bits per heavy atom. The molecule has 2 aliphatic rings. The highest BCUT2D eigenvalue weighted by atomic mass is 16.1. The summed E-state index contributed by atoms with van der Waals surface area (Å²) in [6.45, 7) is 7.40. The van der Waals surface area contributed by atoms with E-state index in [1.807, 2.05) is 29.3 Å². The first-order chi connectivity index (χ1) is 14.0. The molecule has 3 aromatic rings. The lowest BCUT2D eigenvalue weighted by Gasteiger charge is -2.20. The number of rotatable bonds is 4. The Morgan fingerprint density at radius 3 is 2.76 bits per heavy atom. The number of aryl methyl sites for hydroxylation is 2. The van der Waals surface area contributed by atoms with Crippen LogP contribution in [0, 0.1) is 6.92 Å². The molecule has 1 amide bonds. The van der Waals surface area contributed by atoms with Crippen LogP contribution in [0.15, 0.2) is 36.8 Å². The van der Waals surface area contributed by atoms with Gasteiger partial charge in [-0.2, -0.15) is 5.10 Å². The van der Waals surface area contributed by atoms with Crippen molar-refractivity contribution in [1.29, 1.82) is 0 Å². The van der Waals surface area contributed by atoms with Gasteiger partial charge in [0, 0.05) is 55.0 Å². The lowest BCUT2D eigenvalue weighted by Crippen LogP contribution is -2.20. The molecule has 1 N–H and O–H groups in total. The van der Waals surface area contributed by atoms with Gasteiger partial charge in [-0.05, 0) is 44.4 Å². The summed E-state index contributed by atoms with van der Waals surface area (Å²) in [5.41, 5.74) is 5.63. The Kier molecular flexibility index (Phi) is 3.94. The fourth-order valence-corrected chi connectivity index (χ4v) is 4.18. The van der Waals surface area contributed by atoms with E-state index in [1.165, 1.54) is 25.3 Å². The largest absolute Gasteiger partial charge is 0.325 e. The molecule has 0 unspecified atom stereocenters.